The van der Waals surface area contributed by atoms with Gasteiger partial charge in [-0.2, -0.15) is 0 Å². The van der Waals surface area contributed by atoms with Gasteiger partial charge in [0.1, 0.15) is 5.82 Å². The average molecular weight is 275 g/mol. The van der Waals surface area contributed by atoms with Crippen molar-refractivity contribution in [1.29, 1.82) is 0 Å². The molecule has 0 radical (unpaired) electrons. The highest BCUT2D eigenvalue weighted by molar-refractivity contribution is 5.26. The smallest absolute Gasteiger partial charge is 0.123 e. The molecule has 0 heterocycles. The second kappa shape index (κ2) is 7.03. The van der Waals surface area contributed by atoms with Crippen molar-refractivity contribution < 1.29 is 4.39 Å². The van der Waals surface area contributed by atoms with Crippen LogP contribution < -0.4 is 5.32 Å². The van der Waals surface area contributed by atoms with Crippen LogP contribution in [-0.4, -0.2) is 13.1 Å². The van der Waals surface area contributed by atoms with Crippen molar-refractivity contribution in [1.82, 2.24) is 5.32 Å². The summed E-state index contributed by atoms with van der Waals surface area (Å²) >= 11 is 0. The molecular formula is C18H26FN. The van der Waals surface area contributed by atoms with E-state index in [2.05, 4.69) is 25.2 Å². The lowest BCUT2D eigenvalue weighted by molar-refractivity contribution is 0.383. The maximum absolute atomic E-state index is 13.0. The number of aryl methyl sites for hydroxylation is 1. The predicted molar refractivity (Wildman–Crippen MR) is 83.4 cm³/mol. The Labute approximate surface area is 122 Å². The highest BCUT2D eigenvalue weighted by atomic mass is 19.1. The van der Waals surface area contributed by atoms with E-state index in [1.54, 1.807) is 12.1 Å². The van der Waals surface area contributed by atoms with Gasteiger partial charge >= 0.3 is 0 Å². The summed E-state index contributed by atoms with van der Waals surface area (Å²) in [6.07, 6.45) is 5.90. The minimum Gasteiger partial charge on any atom is -0.316 e. The van der Waals surface area contributed by atoms with Crippen molar-refractivity contribution >= 4 is 0 Å². The Morgan fingerprint density at radius 3 is 2.80 bits per heavy atom. The number of hydrogen-bond acceptors (Lipinski definition) is 1. The first kappa shape index (κ1) is 15.2. The van der Waals surface area contributed by atoms with Gasteiger partial charge in [0.2, 0.25) is 0 Å². The van der Waals surface area contributed by atoms with E-state index in [0.717, 1.165) is 36.9 Å². The van der Waals surface area contributed by atoms with E-state index in [1.807, 2.05) is 13.0 Å². The topological polar surface area (TPSA) is 12.0 Å². The number of nitrogens with one attached hydrogen (secondary N) is 1. The Kier molecular flexibility index (Phi) is 5.36. The quantitative estimate of drug-likeness (QED) is 0.625. The number of hydrogen-bond donors (Lipinski definition) is 1. The Morgan fingerprint density at radius 1 is 1.30 bits per heavy atom. The third-order valence-electron chi connectivity index (χ3n) is 4.19. The van der Waals surface area contributed by atoms with Crippen LogP contribution in [0.1, 0.15) is 37.8 Å². The fraction of sp³-hybridized carbons (Fsp3) is 0.556. The van der Waals surface area contributed by atoms with Crippen LogP contribution >= 0.6 is 0 Å². The number of rotatable bonds is 5. The number of halogens is 1. The minimum absolute atomic E-state index is 0.141. The molecule has 0 saturated heterocycles. The van der Waals surface area contributed by atoms with Gasteiger partial charge in [0, 0.05) is 0 Å². The molecule has 20 heavy (non-hydrogen) atoms. The van der Waals surface area contributed by atoms with Crippen molar-refractivity contribution in [2.45, 2.75) is 40.0 Å². The first-order chi connectivity index (χ1) is 9.54. The second-order valence-corrected chi connectivity index (χ2v) is 6.32. The SMILES string of the molecule is CC1=CC(C)CC(CNCCc2ccc(F)cc2C)C1. The van der Waals surface area contributed by atoms with Crippen molar-refractivity contribution in [3.8, 4) is 0 Å². The zero-order valence-electron chi connectivity index (χ0n) is 12.9. The molecule has 1 N–H and O–H groups in total. The fourth-order valence-electron chi connectivity index (χ4n) is 3.31. The second-order valence-electron chi connectivity index (χ2n) is 6.32. The molecule has 1 aromatic rings. The number of benzene rings is 1. The Hall–Kier alpha value is -1.15. The predicted octanol–water partition coefficient (Wildman–Crippen LogP) is 4.26. The molecule has 1 aliphatic rings. The van der Waals surface area contributed by atoms with E-state index in [1.165, 1.54) is 24.0 Å². The third-order valence-corrected chi connectivity index (χ3v) is 4.19. The van der Waals surface area contributed by atoms with Gasteiger partial charge in [-0.25, -0.2) is 4.39 Å². The van der Waals surface area contributed by atoms with E-state index in [-0.39, 0.29) is 5.82 Å². The number of allylic oxidation sites excluding steroid dienone is 2. The molecule has 0 aliphatic heterocycles. The summed E-state index contributed by atoms with van der Waals surface area (Å²) in [4.78, 5) is 0. The van der Waals surface area contributed by atoms with E-state index in [9.17, 15) is 4.39 Å². The Bertz CT molecular complexity index is 478. The molecule has 0 aromatic heterocycles. The molecule has 2 rings (SSSR count). The van der Waals surface area contributed by atoms with Crippen LogP contribution in [0.4, 0.5) is 4.39 Å². The van der Waals surface area contributed by atoms with Crippen LogP contribution in [0, 0.1) is 24.6 Å². The van der Waals surface area contributed by atoms with E-state index in [0.29, 0.717) is 0 Å². The summed E-state index contributed by atoms with van der Waals surface area (Å²) in [6, 6.07) is 5.08. The van der Waals surface area contributed by atoms with Crippen molar-refractivity contribution in [3.05, 3.63) is 46.8 Å². The standard InChI is InChI=1S/C18H26FN/c1-13-8-14(2)10-16(9-13)12-20-7-6-17-4-5-18(19)11-15(17)3/h4-5,8,11,13,16,20H,6-7,9-10,12H2,1-3H3. The molecule has 1 aromatic carbocycles. The molecule has 2 atom stereocenters. The van der Waals surface area contributed by atoms with Gasteiger partial charge in [0.25, 0.3) is 0 Å². The van der Waals surface area contributed by atoms with E-state index in [4.69, 9.17) is 0 Å². The first-order valence-corrected chi connectivity index (χ1v) is 7.67. The van der Waals surface area contributed by atoms with Gasteiger partial charge in [-0.1, -0.05) is 24.6 Å². The molecule has 1 aliphatic carbocycles. The average Bonchev–Trinajstić information content (AvgIpc) is 2.35. The molecular weight excluding hydrogens is 249 g/mol. The molecule has 1 nitrogen and oxygen atoms in total. The van der Waals surface area contributed by atoms with Crippen LogP contribution in [0.3, 0.4) is 0 Å². The van der Waals surface area contributed by atoms with Gasteiger partial charge in [-0.15, -0.1) is 0 Å². The first-order valence-electron chi connectivity index (χ1n) is 7.67. The highest BCUT2D eigenvalue weighted by Gasteiger charge is 2.17. The summed E-state index contributed by atoms with van der Waals surface area (Å²) < 4.78 is 13.0. The lowest BCUT2D eigenvalue weighted by Crippen LogP contribution is -2.27. The summed E-state index contributed by atoms with van der Waals surface area (Å²) in [5, 5.41) is 3.57. The molecule has 0 bridgehead atoms. The molecule has 0 amide bonds. The normalized spacial score (nSPS) is 22.7. The minimum atomic E-state index is -0.141. The summed E-state index contributed by atoms with van der Waals surface area (Å²) in [6.45, 7) is 8.59. The van der Waals surface area contributed by atoms with Crippen LogP contribution in [0.25, 0.3) is 0 Å². The van der Waals surface area contributed by atoms with E-state index >= 15 is 0 Å². The lowest BCUT2D eigenvalue weighted by Gasteiger charge is -2.25. The summed E-state index contributed by atoms with van der Waals surface area (Å²) in [5.74, 6) is 1.34. The molecule has 2 heteroatoms. The van der Waals surface area contributed by atoms with Crippen LogP contribution in [0.15, 0.2) is 29.8 Å². The van der Waals surface area contributed by atoms with E-state index < -0.39 is 0 Å². The van der Waals surface area contributed by atoms with Crippen LogP contribution in [0.2, 0.25) is 0 Å². The van der Waals surface area contributed by atoms with Gasteiger partial charge in [0.15, 0.2) is 0 Å². The molecule has 0 fully saturated rings. The molecule has 0 saturated carbocycles. The van der Waals surface area contributed by atoms with Crippen LogP contribution in [-0.2, 0) is 6.42 Å². The monoisotopic (exact) mass is 275 g/mol. The zero-order chi connectivity index (χ0) is 14.5. The van der Waals surface area contributed by atoms with Gasteiger partial charge in [-0.05, 0) is 81.3 Å². The molecule has 110 valence electrons. The maximum atomic E-state index is 13.0. The van der Waals surface area contributed by atoms with Gasteiger partial charge < -0.3 is 5.32 Å². The van der Waals surface area contributed by atoms with Gasteiger partial charge in [-0.3, -0.25) is 0 Å². The Balaban J connectivity index is 1.73. The highest BCUT2D eigenvalue weighted by Crippen LogP contribution is 2.27. The Morgan fingerprint density at radius 2 is 2.10 bits per heavy atom. The lowest BCUT2D eigenvalue weighted by atomic mass is 9.84. The van der Waals surface area contributed by atoms with Crippen molar-refractivity contribution in [3.63, 3.8) is 0 Å². The largest absolute Gasteiger partial charge is 0.316 e. The summed E-state index contributed by atoms with van der Waals surface area (Å²) in [5.41, 5.74) is 3.83. The zero-order valence-corrected chi connectivity index (χ0v) is 12.9. The van der Waals surface area contributed by atoms with Crippen molar-refractivity contribution in [2.24, 2.45) is 11.8 Å². The van der Waals surface area contributed by atoms with Crippen LogP contribution in [0.5, 0.6) is 0 Å². The molecule has 2 unspecified atom stereocenters. The van der Waals surface area contributed by atoms with Crippen molar-refractivity contribution in [2.75, 3.05) is 13.1 Å². The maximum Gasteiger partial charge on any atom is 0.123 e. The van der Waals surface area contributed by atoms with Gasteiger partial charge in [0.05, 0.1) is 0 Å². The fourth-order valence-corrected chi connectivity index (χ4v) is 3.31. The third kappa shape index (κ3) is 4.45. The summed E-state index contributed by atoms with van der Waals surface area (Å²) in [7, 11) is 0. The molecule has 0 spiro atoms.